The van der Waals surface area contributed by atoms with Gasteiger partial charge in [0.15, 0.2) is 11.7 Å². The minimum atomic E-state index is -2.53. The zero-order valence-electron chi connectivity index (χ0n) is 22.8. The Morgan fingerprint density at radius 1 is 1.10 bits per heavy atom. The molecule has 4 saturated carbocycles. The molecule has 5 aliphatic rings. The lowest BCUT2D eigenvalue weighted by molar-refractivity contribution is -0.444. The topological polar surface area (TPSA) is 176 Å². The number of hydrogen-bond acceptors (Lipinski definition) is 11. The third-order valence-electron chi connectivity index (χ3n) is 12.3. The number of carbonyl (C=O) groups is 2. The second-order valence-electron chi connectivity index (χ2n) is 13.3. The van der Waals surface area contributed by atoms with E-state index in [1.54, 1.807) is 19.9 Å². The summed E-state index contributed by atoms with van der Waals surface area (Å²) in [6.07, 6.45) is -1.77. The highest BCUT2D eigenvalue weighted by Gasteiger charge is 2.97. The van der Waals surface area contributed by atoms with Crippen LogP contribution in [0.15, 0.2) is 23.0 Å². The summed E-state index contributed by atoms with van der Waals surface area (Å²) < 4.78 is 21.8. The maximum atomic E-state index is 13.2. The van der Waals surface area contributed by atoms with Crippen LogP contribution in [0.1, 0.15) is 64.5 Å². The SMILES string of the molecule is COC(=O)CC1C2(C)CC3(O)C(O)(C2O)C2OC(=O)CC4C(C)(C(OC)c5ccoc5)CCC(O)(C42O)C13C. The van der Waals surface area contributed by atoms with Crippen LogP contribution in [0.2, 0.25) is 0 Å². The number of esters is 2. The Bertz CT molecular complexity index is 1220. The molecule has 12 atom stereocenters. The minimum absolute atomic E-state index is 0.0685. The molecule has 4 aliphatic carbocycles. The number of hydrogen-bond donors (Lipinski definition) is 5. The van der Waals surface area contributed by atoms with Gasteiger partial charge in [-0.05, 0) is 31.2 Å². The van der Waals surface area contributed by atoms with Gasteiger partial charge in [0.05, 0.1) is 38.3 Å². The molecule has 12 unspecified atom stereocenters. The summed E-state index contributed by atoms with van der Waals surface area (Å²) in [5.74, 6) is -3.26. The van der Waals surface area contributed by atoms with Gasteiger partial charge in [-0.15, -0.1) is 0 Å². The van der Waals surface area contributed by atoms with E-state index in [0.717, 1.165) is 0 Å². The molecule has 0 spiro atoms. The van der Waals surface area contributed by atoms with E-state index in [9.17, 15) is 35.1 Å². The highest BCUT2D eigenvalue weighted by atomic mass is 16.6. The third kappa shape index (κ3) is 2.54. The second kappa shape index (κ2) is 7.63. The molecule has 2 bridgehead atoms. The van der Waals surface area contributed by atoms with Crippen LogP contribution in [0.5, 0.6) is 0 Å². The molecule has 5 N–H and O–H groups in total. The van der Waals surface area contributed by atoms with Crippen LogP contribution in [0.25, 0.3) is 0 Å². The molecule has 216 valence electrons. The minimum Gasteiger partial charge on any atom is -0.472 e. The van der Waals surface area contributed by atoms with Crippen LogP contribution in [-0.4, -0.2) is 86.3 Å². The van der Waals surface area contributed by atoms with E-state index < -0.39 is 80.7 Å². The van der Waals surface area contributed by atoms with E-state index in [4.69, 9.17) is 18.6 Å². The van der Waals surface area contributed by atoms with Crippen LogP contribution >= 0.6 is 0 Å². The predicted octanol–water partition coefficient (Wildman–Crippen LogP) is 0.607. The Morgan fingerprint density at radius 3 is 2.38 bits per heavy atom. The number of aliphatic hydroxyl groups is 5. The summed E-state index contributed by atoms with van der Waals surface area (Å²) in [4.78, 5) is 25.8. The van der Waals surface area contributed by atoms with Gasteiger partial charge < -0.3 is 44.2 Å². The lowest BCUT2D eigenvalue weighted by Crippen LogP contribution is -2.94. The van der Waals surface area contributed by atoms with E-state index in [1.165, 1.54) is 26.7 Å². The first-order valence-electron chi connectivity index (χ1n) is 13.5. The van der Waals surface area contributed by atoms with Crippen molar-refractivity contribution >= 4 is 11.9 Å². The van der Waals surface area contributed by atoms with Crippen molar-refractivity contribution in [3.8, 4) is 0 Å². The van der Waals surface area contributed by atoms with Crippen molar-refractivity contribution in [3.63, 3.8) is 0 Å². The largest absolute Gasteiger partial charge is 0.472 e. The Morgan fingerprint density at radius 2 is 1.79 bits per heavy atom. The van der Waals surface area contributed by atoms with Gasteiger partial charge in [-0.25, -0.2) is 0 Å². The van der Waals surface area contributed by atoms with Crippen molar-refractivity contribution < 1.29 is 53.7 Å². The maximum absolute atomic E-state index is 13.2. The molecule has 1 aromatic heterocycles. The Balaban J connectivity index is 1.61. The first kappa shape index (κ1) is 27.2. The van der Waals surface area contributed by atoms with Crippen LogP contribution in [0.4, 0.5) is 0 Å². The monoisotopic (exact) mass is 550 g/mol. The molecular formula is C28H38O11. The summed E-state index contributed by atoms with van der Waals surface area (Å²) in [7, 11) is 2.73. The number of aliphatic hydroxyl groups excluding tert-OH is 1. The molecule has 11 nitrogen and oxygen atoms in total. The van der Waals surface area contributed by atoms with Gasteiger partial charge >= 0.3 is 11.9 Å². The quantitative estimate of drug-likeness (QED) is 0.325. The molecule has 11 heteroatoms. The van der Waals surface area contributed by atoms with E-state index in [1.807, 2.05) is 6.92 Å². The fraction of sp³-hybridized carbons (Fsp3) is 0.786. The molecule has 1 aliphatic heterocycles. The van der Waals surface area contributed by atoms with E-state index in [-0.39, 0.29) is 32.1 Å². The average Bonchev–Trinajstić information content (AvgIpc) is 3.52. The summed E-state index contributed by atoms with van der Waals surface area (Å²) in [6.45, 7) is 5.06. The van der Waals surface area contributed by atoms with Gasteiger partial charge in [0.1, 0.15) is 16.8 Å². The van der Waals surface area contributed by atoms with Crippen LogP contribution < -0.4 is 0 Å². The lowest BCUT2D eigenvalue weighted by Gasteiger charge is -2.77. The fourth-order valence-corrected chi connectivity index (χ4v) is 10.5. The summed E-state index contributed by atoms with van der Waals surface area (Å²) in [5, 5.41) is 62.3. The number of rotatable bonds is 5. The van der Waals surface area contributed by atoms with Crippen LogP contribution in [-0.2, 0) is 23.8 Å². The van der Waals surface area contributed by atoms with Crippen molar-refractivity contribution in [2.75, 3.05) is 14.2 Å². The molecule has 2 heterocycles. The number of ether oxygens (including phenoxy) is 3. The highest BCUT2D eigenvalue weighted by molar-refractivity contribution is 5.73. The predicted molar refractivity (Wildman–Crippen MR) is 131 cm³/mol. The van der Waals surface area contributed by atoms with E-state index in [0.29, 0.717) is 5.56 Å². The fourth-order valence-electron chi connectivity index (χ4n) is 10.5. The zero-order valence-corrected chi connectivity index (χ0v) is 22.8. The highest BCUT2D eigenvalue weighted by Crippen LogP contribution is 2.83. The first-order chi connectivity index (χ1) is 18.1. The number of fused-ring (bicyclic) bond motifs is 3. The van der Waals surface area contributed by atoms with Gasteiger partial charge in [-0.2, -0.15) is 0 Å². The summed E-state index contributed by atoms with van der Waals surface area (Å²) in [6, 6.07) is 1.72. The molecule has 1 saturated heterocycles. The molecular weight excluding hydrogens is 512 g/mol. The smallest absolute Gasteiger partial charge is 0.306 e. The van der Waals surface area contributed by atoms with Gasteiger partial charge in [0.25, 0.3) is 0 Å². The second-order valence-corrected chi connectivity index (χ2v) is 13.3. The normalized spacial score (nSPS) is 54.2. The first-order valence-corrected chi connectivity index (χ1v) is 13.5. The molecule has 0 amide bonds. The molecule has 0 aromatic carbocycles. The standard InChI is InChI=1S/C28H38O11/c1-22(19(37-5)14-6-9-38-12-14)7-8-25(32)24(3)15(10-17(29)36-4)23(2)13-26(24,33)28(35,20(23)31)21-27(25,34)16(22)11-18(30)39-21/h6,9,12,15-16,19-21,31-35H,7-8,10-11,13H2,1-5H3. The van der Waals surface area contributed by atoms with Gasteiger partial charge in [0.2, 0.25) is 0 Å². The number of carbonyl (C=O) groups excluding carboxylic acids is 2. The zero-order chi connectivity index (χ0) is 28.6. The Kier molecular flexibility index (Phi) is 5.31. The molecule has 39 heavy (non-hydrogen) atoms. The maximum Gasteiger partial charge on any atom is 0.306 e. The van der Waals surface area contributed by atoms with Crippen LogP contribution in [0, 0.1) is 28.1 Å². The lowest BCUT2D eigenvalue weighted by atomic mass is 9.33. The van der Waals surface area contributed by atoms with Gasteiger partial charge in [-0.1, -0.05) is 20.8 Å². The van der Waals surface area contributed by atoms with Gasteiger partial charge in [0, 0.05) is 41.3 Å². The van der Waals surface area contributed by atoms with Gasteiger partial charge in [-0.3, -0.25) is 9.59 Å². The Labute approximate surface area is 226 Å². The molecule has 1 aromatic rings. The van der Waals surface area contributed by atoms with E-state index in [2.05, 4.69) is 0 Å². The number of methoxy groups -OCH3 is 2. The van der Waals surface area contributed by atoms with Crippen molar-refractivity contribution in [3.05, 3.63) is 24.2 Å². The third-order valence-corrected chi connectivity index (χ3v) is 12.3. The summed E-state index contributed by atoms with van der Waals surface area (Å²) in [5.41, 5.74) is -12.5. The molecule has 5 fully saturated rings. The van der Waals surface area contributed by atoms with E-state index >= 15 is 0 Å². The van der Waals surface area contributed by atoms with Crippen molar-refractivity contribution in [1.29, 1.82) is 0 Å². The molecule has 0 radical (unpaired) electrons. The Hall–Kier alpha value is -2.02. The number of furan rings is 1. The summed E-state index contributed by atoms with van der Waals surface area (Å²) >= 11 is 0. The van der Waals surface area contributed by atoms with Crippen molar-refractivity contribution in [1.82, 2.24) is 0 Å². The van der Waals surface area contributed by atoms with Crippen LogP contribution in [0.3, 0.4) is 0 Å². The molecule has 6 rings (SSSR count). The van der Waals surface area contributed by atoms with Crippen molar-refractivity contribution in [2.24, 2.45) is 28.1 Å². The average molecular weight is 551 g/mol. The van der Waals surface area contributed by atoms with Crippen molar-refractivity contribution in [2.45, 2.75) is 93.6 Å².